The van der Waals surface area contributed by atoms with Gasteiger partial charge in [-0.2, -0.15) is 13.2 Å². The second-order valence-electron chi connectivity index (χ2n) is 6.91. The monoisotopic (exact) mass is 396 g/mol. The molecule has 29 heavy (non-hydrogen) atoms. The van der Waals surface area contributed by atoms with Gasteiger partial charge in [0.15, 0.2) is 11.6 Å². The minimum Gasteiger partial charge on any atom is -0.294 e. The molecule has 0 atom stereocenters. The topological polar surface area (TPSA) is 34.1 Å². The highest BCUT2D eigenvalue weighted by atomic mass is 19.4. The largest absolute Gasteiger partial charge is 0.416 e. The van der Waals surface area contributed by atoms with Crippen LogP contribution in [0.5, 0.6) is 0 Å². The zero-order valence-corrected chi connectivity index (χ0v) is 15.8. The van der Waals surface area contributed by atoms with Gasteiger partial charge in [0.2, 0.25) is 0 Å². The Morgan fingerprint density at radius 1 is 0.759 bits per heavy atom. The number of alkyl halides is 3. The van der Waals surface area contributed by atoms with E-state index in [1.807, 2.05) is 19.1 Å². The average molecular weight is 396 g/mol. The van der Waals surface area contributed by atoms with Crippen LogP contribution in [0.2, 0.25) is 0 Å². The van der Waals surface area contributed by atoms with Gasteiger partial charge in [0.25, 0.3) is 0 Å². The third-order valence-electron chi connectivity index (χ3n) is 4.74. The number of rotatable bonds is 6. The van der Waals surface area contributed by atoms with Gasteiger partial charge in [0, 0.05) is 24.0 Å². The van der Waals surface area contributed by atoms with Crippen LogP contribution in [0.1, 0.15) is 43.0 Å². The maximum absolute atomic E-state index is 12.9. The van der Waals surface area contributed by atoms with Crippen LogP contribution < -0.4 is 0 Å². The van der Waals surface area contributed by atoms with Crippen LogP contribution in [-0.2, 0) is 19.0 Å². The van der Waals surface area contributed by atoms with Gasteiger partial charge in [0.05, 0.1) is 5.56 Å². The van der Waals surface area contributed by atoms with Crippen molar-refractivity contribution in [2.24, 2.45) is 0 Å². The lowest BCUT2D eigenvalue weighted by Gasteiger charge is -2.10. The van der Waals surface area contributed by atoms with Crippen LogP contribution in [0.3, 0.4) is 0 Å². The van der Waals surface area contributed by atoms with Crippen LogP contribution in [0.25, 0.3) is 0 Å². The molecule has 0 N–H and O–H groups in total. The van der Waals surface area contributed by atoms with E-state index in [0.29, 0.717) is 11.1 Å². The number of Topliss-reactive ketones (excluding diaryl/α,β-unsaturated/α-hetero) is 2. The Bertz CT molecular complexity index is 1040. The summed E-state index contributed by atoms with van der Waals surface area (Å²) in [6.45, 7) is 1.88. The Labute approximate surface area is 167 Å². The summed E-state index contributed by atoms with van der Waals surface area (Å²) in [5.41, 5.74) is 2.16. The standard InChI is InChI=1S/C24H19F3O2/c1-16-10-11-17(12-20(16)15-23(29)18-6-3-2-4-7-18)13-22(28)19-8-5-9-21(14-19)24(25,26)27/h2-12,14H,13,15H2,1H3. The summed E-state index contributed by atoms with van der Waals surface area (Å²) in [7, 11) is 0. The third-order valence-corrected chi connectivity index (χ3v) is 4.74. The quantitative estimate of drug-likeness (QED) is 0.489. The van der Waals surface area contributed by atoms with Gasteiger partial charge in [-0.25, -0.2) is 0 Å². The summed E-state index contributed by atoms with van der Waals surface area (Å²) in [5.74, 6) is -0.435. The second kappa shape index (κ2) is 8.43. The summed E-state index contributed by atoms with van der Waals surface area (Å²) in [6, 6.07) is 18.7. The molecule has 0 aromatic heterocycles. The van der Waals surface area contributed by atoms with E-state index in [0.717, 1.165) is 23.3 Å². The van der Waals surface area contributed by atoms with Crippen molar-refractivity contribution in [1.29, 1.82) is 0 Å². The fraction of sp³-hybridized carbons (Fsp3) is 0.167. The number of halogens is 3. The summed E-state index contributed by atoms with van der Waals surface area (Å²) in [4.78, 5) is 25.0. The average Bonchev–Trinajstić information content (AvgIpc) is 2.70. The van der Waals surface area contributed by atoms with Crippen molar-refractivity contribution in [2.45, 2.75) is 25.9 Å². The van der Waals surface area contributed by atoms with Crippen molar-refractivity contribution >= 4 is 11.6 Å². The first kappa shape index (κ1) is 20.5. The summed E-state index contributed by atoms with van der Waals surface area (Å²) < 4.78 is 38.6. The molecule has 148 valence electrons. The van der Waals surface area contributed by atoms with E-state index in [1.165, 1.54) is 12.1 Å². The third kappa shape index (κ3) is 5.19. The molecular formula is C24H19F3O2. The highest BCUT2D eigenvalue weighted by Gasteiger charge is 2.30. The van der Waals surface area contributed by atoms with Gasteiger partial charge < -0.3 is 0 Å². The first-order valence-corrected chi connectivity index (χ1v) is 9.11. The first-order chi connectivity index (χ1) is 13.7. The fourth-order valence-corrected chi connectivity index (χ4v) is 3.08. The van der Waals surface area contributed by atoms with Crippen molar-refractivity contribution in [3.8, 4) is 0 Å². The molecule has 2 nitrogen and oxygen atoms in total. The Hall–Kier alpha value is -3.21. The summed E-state index contributed by atoms with van der Waals surface area (Å²) in [5, 5.41) is 0. The normalized spacial score (nSPS) is 11.3. The fourth-order valence-electron chi connectivity index (χ4n) is 3.08. The van der Waals surface area contributed by atoms with Gasteiger partial charge in [0.1, 0.15) is 0 Å². The highest BCUT2D eigenvalue weighted by molar-refractivity contribution is 5.98. The minimum atomic E-state index is -4.49. The molecule has 5 heteroatoms. The summed E-state index contributed by atoms with van der Waals surface area (Å²) >= 11 is 0. The molecule has 0 aliphatic carbocycles. The van der Waals surface area contributed by atoms with Crippen molar-refractivity contribution in [1.82, 2.24) is 0 Å². The SMILES string of the molecule is Cc1ccc(CC(=O)c2cccc(C(F)(F)F)c2)cc1CC(=O)c1ccccc1. The minimum absolute atomic E-state index is 0.0160. The van der Waals surface area contributed by atoms with Crippen molar-refractivity contribution in [3.63, 3.8) is 0 Å². The van der Waals surface area contributed by atoms with Crippen molar-refractivity contribution in [2.75, 3.05) is 0 Å². The number of carbonyl (C=O) groups excluding carboxylic acids is 2. The smallest absolute Gasteiger partial charge is 0.294 e. The Morgan fingerprint density at radius 3 is 2.10 bits per heavy atom. The summed E-state index contributed by atoms with van der Waals surface area (Å²) in [6.07, 6.45) is -4.33. The predicted octanol–water partition coefficient (Wildman–Crippen LogP) is 5.86. The number of hydrogen-bond acceptors (Lipinski definition) is 2. The van der Waals surface area contributed by atoms with Gasteiger partial charge in [-0.1, -0.05) is 60.7 Å². The lowest BCUT2D eigenvalue weighted by atomic mass is 9.94. The zero-order chi connectivity index (χ0) is 21.0. The van der Waals surface area contributed by atoms with Crippen LogP contribution in [0, 0.1) is 6.92 Å². The van der Waals surface area contributed by atoms with Gasteiger partial charge in [-0.05, 0) is 35.7 Å². The molecular weight excluding hydrogens is 377 g/mol. The molecule has 0 heterocycles. The molecule has 0 bridgehead atoms. The Kier molecular flexibility index (Phi) is 5.97. The van der Waals surface area contributed by atoms with Crippen LogP contribution in [0.15, 0.2) is 72.8 Å². The van der Waals surface area contributed by atoms with Gasteiger partial charge >= 0.3 is 6.18 Å². The van der Waals surface area contributed by atoms with Crippen molar-refractivity contribution < 1.29 is 22.8 Å². The van der Waals surface area contributed by atoms with E-state index < -0.39 is 17.5 Å². The lowest BCUT2D eigenvalue weighted by Crippen LogP contribution is -2.10. The number of benzene rings is 3. The van der Waals surface area contributed by atoms with E-state index in [4.69, 9.17) is 0 Å². The zero-order valence-electron chi connectivity index (χ0n) is 15.8. The van der Waals surface area contributed by atoms with Crippen LogP contribution in [-0.4, -0.2) is 11.6 Å². The van der Waals surface area contributed by atoms with Gasteiger partial charge in [-0.15, -0.1) is 0 Å². The molecule has 0 amide bonds. The van der Waals surface area contributed by atoms with E-state index in [-0.39, 0.29) is 24.2 Å². The van der Waals surface area contributed by atoms with E-state index >= 15 is 0 Å². The Balaban J connectivity index is 1.78. The number of carbonyl (C=O) groups is 2. The first-order valence-electron chi connectivity index (χ1n) is 9.11. The molecule has 0 unspecified atom stereocenters. The molecule has 3 aromatic carbocycles. The predicted molar refractivity (Wildman–Crippen MR) is 105 cm³/mol. The van der Waals surface area contributed by atoms with Crippen LogP contribution >= 0.6 is 0 Å². The molecule has 0 saturated carbocycles. The molecule has 0 aliphatic rings. The molecule has 0 radical (unpaired) electrons. The van der Waals surface area contributed by atoms with E-state index in [2.05, 4.69) is 0 Å². The number of aryl methyl sites for hydroxylation is 1. The second-order valence-corrected chi connectivity index (χ2v) is 6.91. The molecule has 0 aliphatic heterocycles. The maximum atomic E-state index is 12.9. The van der Waals surface area contributed by atoms with E-state index in [9.17, 15) is 22.8 Å². The molecule has 0 fully saturated rings. The molecule has 0 spiro atoms. The molecule has 3 rings (SSSR count). The van der Waals surface area contributed by atoms with Gasteiger partial charge in [-0.3, -0.25) is 9.59 Å². The number of hydrogen-bond donors (Lipinski definition) is 0. The van der Waals surface area contributed by atoms with Crippen molar-refractivity contribution in [3.05, 3.63) is 106 Å². The Morgan fingerprint density at radius 2 is 1.41 bits per heavy atom. The maximum Gasteiger partial charge on any atom is 0.416 e. The molecule has 0 saturated heterocycles. The lowest BCUT2D eigenvalue weighted by molar-refractivity contribution is -0.137. The number of ketones is 2. The molecule has 3 aromatic rings. The highest BCUT2D eigenvalue weighted by Crippen LogP contribution is 2.29. The van der Waals surface area contributed by atoms with E-state index in [1.54, 1.807) is 36.4 Å². The van der Waals surface area contributed by atoms with Crippen LogP contribution in [0.4, 0.5) is 13.2 Å².